The average molecular weight is 264 g/mol. The van der Waals surface area contributed by atoms with Crippen LogP contribution in [-0.2, 0) is 0 Å². The van der Waals surface area contributed by atoms with E-state index in [1.807, 2.05) is 48.5 Å². The van der Waals surface area contributed by atoms with E-state index in [1.54, 1.807) is 12.1 Å². The molecule has 0 aliphatic heterocycles. The van der Waals surface area contributed by atoms with Gasteiger partial charge in [0.15, 0.2) is 5.78 Å². The van der Waals surface area contributed by atoms with Gasteiger partial charge < -0.3 is 5.11 Å². The third-order valence-electron chi connectivity index (χ3n) is 3.21. The van der Waals surface area contributed by atoms with Crippen LogP contribution in [0.3, 0.4) is 0 Å². The van der Waals surface area contributed by atoms with Crippen LogP contribution in [0.4, 0.5) is 0 Å². The van der Waals surface area contributed by atoms with Gasteiger partial charge in [-0.3, -0.25) is 4.79 Å². The van der Waals surface area contributed by atoms with Crippen LogP contribution in [0.5, 0.6) is 0 Å². The predicted octanol–water partition coefficient (Wildman–Crippen LogP) is 3.04. The van der Waals surface area contributed by atoms with Gasteiger partial charge in [0.2, 0.25) is 0 Å². The maximum absolute atomic E-state index is 12.6. The molecule has 2 unspecified atom stereocenters. The van der Waals surface area contributed by atoms with E-state index in [-0.39, 0.29) is 12.2 Å². The Morgan fingerprint density at radius 1 is 1.05 bits per heavy atom. The van der Waals surface area contributed by atoms with Crippen LogP contribution in [0.25, 0.3) is 0 Å². The molecular formula is C18H16O2. The molecule has 0 bridgehead atoms. The quantitative estimate of drug-likeness (QED) is 0.665. The van der Waals surface area contributed by atoms with Crippen molar-refractivity contribution in [2.24, 2.45) is 0 Å². The standard InChI is InChI=1S/C18H16O2/c1-2-9-16(19)17(14-10-5-3-6-11-14)18(20)15-12-7-4-8-13-15/h1,3-8,10-13,16-17,19H,9H2. The number of ketones is 1. The number of carbonyl (C=O) groups is 1. The third-order valence-corrected chi connectivity index (χ3v) is 3.21. The van der Waals surface area contributed by atoms with E-state index >= 15 is 0 Å². The number of Topliss-reactive ketones (excluding diaryl/α,β-unsaturated/α-hetero) is 1. The molecule has 1 N–H and O–H groups in total. The Labute approximate surface area is 119 Å². The molecule has 100 valence electrons. The molecule has 0 aliphatic rings. The summed E-state index contributed by atoms with van der Waals surface area (Å²) in [5.74, 6) is 1.68. The van der Waals surface area contributed by atoms with E-state index in [9.17, 15) is 9.90 Å². The average Bonchev–Trinajstić information content (AvgIpc) is 2.50. The van der Waals surface area contributed by atoms with Crippen molar-refractivity contribution >= 4 is 5.78 Å². The molecule has 0 heterocycles. The minimum Gasteiger partial charge on any atom is -0.391 e. The lowest BCUT2D eigenvalue weighted by Crippen LogP contribution is -2.26. The minimum atomic E-state index is -0.880. The summed E-state index contributed by atoms with van der Waals surface area (Å²) in [5.41, 5.74) is 1.36. The molecule has 2 aromatic rings. The molecule has 0 fully saturated rings. The Bertz CT molecular complexity index is 596. The van der Waals surface area contributed by atoms with Crippen LogP contribution >= 0.6 is 0 Å². The van der Waals surface area contributed by atoms with Crippen molar-refractivity contribution in [3.05, 3.63) is 71.8 Å². The lowest BCUT2D eigenvalue weighted by Gasteiger charge is -2.21. The van der Waals surface area contributed by atoms with Gasteiger partial charge in [-0.25, -0.2) is 0 Å². The van der Waals surface area contributed by atoms with Gasteiger partial charge in [0, 0.05) is 12.0 Å². The normalized spacial score (nSPS) is 13.2. The molecule has 0 radical (unpaired) electrons. The van der Waals surface area contributed by atoms with Crippen LogP contribution in [-0.4, -0.2) is 17.0 Å². The van der Waals surface area contributed by atoms with Crippen LogP contribution in [0.2, 0.25) is 0 Å². The van der Waals surface area contributed by atoms with Crippen molar-refractivity contribution in [2.75, 3.05) is 0 Å². The smallest absolute Gasteiger partial charge is 0.172 e. The Morgan fingerprint density at radius 3 is 2.15 bits per heavy atom. The fraction of sp³-hybridized carbons (Fsp3) is 0.167. The second-order valence-electron chi connectivity index (χ2n) is 4.59. The molecule has 0 aromatic heterocycles. The van der Waals surface area contributed by atoms with E-state index in [0.717, 1.165) is 5.56 Å². The molecule has 2 aromatic carbocycles. The molecular weight excluding hydrogens is 248 g/mol. The number of aliphatic hydroxyl groups is 1. The van der Waals surface area contributed by atoms with Gasteiger partial charge in [0.05, 0.1) is 12.0 Å². The first kappa shape index (κ1) is 14.0. The Balaban J connectivity index is 2.37. The summed E-state index contributed by atoms with van der Waals surface area (Å²) >= 11 is 0. The van der Waals surface area contributed by atoms with Crippen LogP contribution < -0.4 is 0 Å². The number of carbonyl (C=O) groups excluding carboxylic acids is 1. The highest BCUT2D eigenvalue weighted by Gasteiger charge is 2.28. The van der Waals surface area contributed by atoms with Crippen molar-refractivity contribution in [3.63, 3.8) is 0 Å². The van der Waals surface area contributed by atoms with Crippen molar-refractivity contribution < 1.29 is 9.90 Å². The van der Waals surface area contributed by atoms with Gasteiger partial charge in [-0.2, -0.15) is 0 Å². The first-order valence-electron chi connectivity index (χ1n) is 6.49. The van der Waals surface area contributed by atoms with Crippen molar-refractivity contribution in [2.45, 2.75) is 18.4 Å². The first-order chi connectivity index (χ1) is 9.74. The van der Waals surface area contributed by atoms with E-state index in [0.29, 0.717) is 5.56 Å². The van der Waals surface area contributed by atoms with Gasteiger partial charge in [0.25, 0.3) is 0 Å². The number of rotatable bonds is 5. The Kier molecular flexibility index (Phi) is 4.70. The lowest BCUT2D eigenvalue weighted by molar-refractivity contribution is 0.0820. The number of hydrogen-bond donors (Lipinski definition) is 1. The van der Waals surface area contributed by atoms with Crippen molar-refractivity contribution in [3.8, 4) is 12.3 Å². The summed E-state index contributed by atoms with van der Waals surface area (Å²) in [6.07, 6.45) is 4.53. The number of hydrogen-bond acceptors (Lipinski definition) is 2. The summed E-state index contributed by atoms with van der Waals surface area (Å²) in [7, 11) is 0. The van der Waals surface area contributed by atoms with Crippen LogP contribution in [0.1, 0.15) is 28.3 Å². The van der Waals surface area contributed by atoms with Gasteiger partial charge >= 0.3 is 0 Å². The molecule has 0 spiro atoms. The highest BCUT2D eigenvalue weighted by atomic mass is 16.3. The number of benzene rings is 2. The predicted molar refractivity (Wildman–Crippen MR) is 79.4 cm³/mol. The van der Waals surface area contributed by atoms with Gasteiger partial charge in [-0.1, -0.05) is 60.7 Å². The second-order valence-corrected chi connectivity index (χ2v) is 4.59. The van der Waals surface area contributed by atoms with Crippen LogP contribution in [0, 0.1) is 12.3 Å². The zero-order valence-electron chi connectivity index (χ0n) is 11.1. The van der Waals surface area contributed by atoms with Crippen molar-refractivity contribution in [1.29, 1.82) is 0 Å². The summed E-state index contributed by atoms with van der Waals surface area (Å²) in [5, 5.41) is 10.2. The summed E-state index contributed by atoms with van der Waals surface area (Å²) in [4.78, 5) is 12.6. The molecule has 0 aliphatic carbocycles. The van der Waals surface area contributed by atoms with Gasteiger partial charge in [-0.15, -0.1) is 12.3 Å². The molecule has 2 heteroatoms. The van der Waals surface area contributed by atoms with Crippen molar-refractivity contribution in [1.82, 2.24) is 0 Å². The molecule has 0 saturated carbocycles. The highest BCUT2D eigenvalue weighted by molar-refractivity contribution is 6.01. The van der Waals surface area contributed by atoms with E-state index in [1.165, 1.54) is 0 Å². The molecule has 2 nitrogen and oxygen atoms in total. The maximum Gasteiger partial charge on any atom is 0.172 e. The molecule has 20 heavy (non-hydrogen) atoms. The number of terminal acetylenes is 1. The van der Waals surface area contributed by atoms with E-state index in [4.69, 9.17) is 6.42 Å². The SMILES string of the molecule is C#CCC(O)C(C(=O)c1ccccc1)c1ccccc1. The van der Waals surface area contributed by atoms with E-state index < -0.39 is 12.0 Å². The molecule has 2 atom stereocenters. The van der Waals surface area contributed by atoms with Crippen LogP contribution in [0.15, 0.2) is 60.7 Å². The van der Waals surface area contributed by atoms with Gasteiger partial charge in [0.1, 0.15) is 0 Å². The van der Waals surface area contributed by atoms with E-state index in [2.05, 4.69) is 5.92 Å². The molecule has 0 amide bonds. The largest absolute Gasteiger partial charge is 0.391 e. The fourth-order valence-electron chi connectivity index (χ4n) is 2.23. The third kappa shape index (κ3) is 3.14. The summed E-state index contributed by atoms with van der Waals surface area (Å²) in [6.45, 7) is 0. The zero-order chi connectivity index (χ0) is 14.4. The minimum absolute atomic E-state index is 0.112. The second kappa shape index (κ2) is 6.70. The summed E-state index contributed by atoms with van der Waals surface area (Å²) in [6, 6.07) is 18.2. The lowest BCUT2D eigenvalue weighted by atomic mass is 9.85. The summed E-state index contributed by atoms with van der Waals surface area (Å²) < 4.78 is 0. The fourth-order valence-corrected chi connectivity index (χ4v) is 2.23. The first-order valence-corrected chi connectivity index (χ1v) is 6.49. The number of aliphatic hydroxyl groups excluding tert-OH is 1. The highest BCUT2D eigenvalue weighted by Crippen LogP contribution is 2.26. The Hall–Kier alpha value is -2.37. The van der Waals surface area contributed by atoms with Gasteiger partial charge in [-0.05, 0) is 5.56 Å². The molecule has 2 rings (SSSR count). The topological polar surface area (TPSA) is 37.3 Å². The monoisotopic (exact) mass is 264 g/mol. The zero-order valence-corrected chi connectivity index (χ0v) is 11.1. The Morgan fingerprint density at radius 2 is 1.60 bits per heavy atom. The molecule has 0 saturated heterocycles. The maximum atomic E-state index is 12.6.